The Kier molecular flexibility index (Phi) is 5.64. The van der Waals surface area contributed by atoms with E-state index in [2.05, 4.69) is 18.7 Å². The fraction of sp³-hybridized carbons (Fsp3) is 0.882. The summed E-state index contributed by atoms with van der Waals surface area (Å²) in [5.74, 6) is 0.853. The molecule has 0 heterocycles. The van der Waals surface area contributed by atoms with Crippen LogP contribution in [0.1, 0.15) is 71.6 Å². The largest absolute Gasteiger partial charge is 0.392 e. The van der Waals surface area contributed by atoms with Crippen molar-refractivity contribution in [1.82, 2.24) is 4.90 Å². The predicted molar refractivity (Wildman–Crippen MR) is 91.1 cm³/mol. The lowest BCUT2D eigenvalue weighted by atomic mass is 9.83. The van der Waals surface area contributed by atoms with Crippen molar-refractivity contribution in [3.05, 3.63) is 0 Å². The van der Waals surface area contributed by atoms with Gasteiger partial charge in [0.05, 0.1) is 10.4 Å². The standard InChI is InChI=1S/C17H30N2OS/c1-13(2)9-12-19(14-7-3-4-8-14)16(20)17(15(18)21)10-5-6-11-17/h13-14H,3-12H2,1-2H3,(H2,18,21). The second kappa shape index (κ2) is 7.08. The van der Waals surface area contributed by atoms with Crippen molar-refractivity contribution in [1.29, 1.82) is 0 Å². The fourth-order valence-corrected chi connectivity index (χ4v) is 4.17. The molecule has 3 nitrogen and oxygen atoms in total. The molecular weight excluding hydrogens is 280 g/mol. The van der Waals surface area contributed by atoms with E-state index in [0.29, 0.717) is 16.9 Å². The Hall–Kier alpha value is -0.640. The number of carbonyl (C=O) groups excluding carboxylic acids is 1. The molecule has 1 amide bonds. The van der Waals surface area contributed by atoms with Gasteiger partial charge in [-0.1, -0.05) is 51.7 Å². The molecule has 0 radical (unpaired) electrons. The second-order valence-corrected chi connectivity index (χ2v) is 7.71. The Morgan fingerprint density at radius 2 is 1.81 bits per heavy atom. The van der Waals surface area contributed by atoms with Gasteiger partial charge in [0.2, 0.25) is 5.91 Å². The molecule has 0 aromatic heterocycles. The molecular formula is C17H30N2OS. The van der Waals surface area contributed by atoms with Gasteiger partial charge in [0.25, 0.3) is 0 Å². The van der Waals surface area contributed by atoms with E-state index >= 15 is 0 Å². The topological polar surface area (TPSA) is 46.3 Å². The Morgan fingerprint density at radius 1 is 1.24 bits per heavy atom. The minimum atomic E-state index is -0.533. The summed E-state index contributed by atoms with van der Waals surface area (Å²) in [4.78, 5) is 15.8. The number of nitrogens with two attached hydrogens (primary N) is 1. The molecule has 0 spiro atoms. The number of thiocarbonyl (C=S) groups is 1. The maximum absolute atomic E-state index is 13.3. The molecule has 120 valence electrons. The van der Waals surface area contributed by atoms with Gasteiger partial charge in [-0.25, -0.2) is 0 Å². The minimum Gasteiger partial charge on any atom is -0.392 e. The number of hydrogen-bond acceptors (Lipinski definition) is 2. The zero-order valence-electron chi connectivity index (χ0n) is 13.6. The predicted octanol–water partition coefficient (Wildman–Crippen LogP) is 3.65. The summed E-state index contributed by atoms with van der Waals surface area (Å²) in [7, 11) is 0. The molecule has 2 N–H and O–H groups in total. The Balaban J connectivity index is 2.17. The average Bonchev–Trinajstić information content (AvgIpc) is 3.10. The molecule has 0 saturated heterocycles. The van der Waals surface area contributed by atoms with Crippen LogP contribution in [0.4, 0.5) is 0 Å². The zero-order valence-corrected chi connectivity index (χ0v) is 14.4. The summed E-state index contributed by atoms with van der Waals surface area (Å²) in [5.41, 5.74) is 5.48. The van der Waals surface area contributed by atoms with Crippen LogP contribution >= 0.6 is 12.2 Å². The first-order valence-electron chi connectivity index (χ1n) is 8.58. The van der Waals surface area contributed by atoms with Crippen LogP contribution in [-0.4, -0.2) is 28.4 Å². The first-order chi connectivity index (χ1) is 9.97. The zero-order chi connectivity index (χ0) is 15.5. The smallest absolute Gasteiger partial charge is 0.235 e. The Labute approximate surface area is 134 Å². The highest BCUT2D eigenvalue weighted by Crippen LogP contribution is 2.41. The molecule has 2 saturated carbocycles. The third-order valence-corrected chi connectivity index (χ3v) is 5.70. The third-order valence-electron chi connectivity index (χ3n) is 5.31. The molecule has 2 fully saturated rings. The molecule has 4 heteroatoms. The van der Waals surface area contributed by atoms with E-state index in [1.807, 2.05) is 0 Å². The fourth-order valence-electron chi connectivity index (χ4n) is 3.88. The van der Waals surface area contributed by atoms with E-state index in [0.717, 1.165) is 51.5 Å². The van der Waals surface area contributed by atoms with Crippen LogP contribution in [0.3, 0.4) is 0 Å². The number of amides is 1. The molecule has 2 aliphatic carbocycles. The van der Waals surface area contributed by atoms with Crippen LogP contribution in [0.2, 0.25) is 0 Å². The van der Waals surface area contributed by atoms with E-state index in [1.54, 1.807) is 0 Å². The van der Waals surface area contributed by atoms with Gasteiger partial charge in [0, 0.05) is 12.6 Å². The van der Waals surface area contributed by atoms with Crippen LogP contribution in [0.25, 0.3) is 0 Å². The molecule has 0 aromatic rings. The summed E-state index contributed by atoms with van der Waals surface area (Å²) in [5, 5.41) is 0. The summed E-state index contributed by atoms with van der Waals surface area (Å²) < 4.78 is 0. The maximum atomic E-state index is 13.3. The highest BCUT2D eigenvalue weighted by molar-refractivity contribution is 7.80. The van der Waals surface area contributed by atoms with Crippen LogP contribution < -0.4 is 5.73 Å². The molecule has 0 aromatic carbocycles. The Bertz CT molecular complexity index is 382. The lowest BCUT2D eigenvalue weighted by Crippen LogP contribution is -2.52. The molecule has 2 aliphatic rings. The molecule has 21 heavy (non-hydrogen) atoms. The van der Waals surface area contributed by atoms with Crippen molar-refractivity contribution in [2.24, 2.45) is 17.1 Å². The molecule has 0 aliphatic heterocycles. The van der Waals surface area contributed by atoms with Gasteiger partial charge in [0.15, 0.2) is 0 Å². The third kappa shape index (κ3) is 3.58. The van der Waals surface area contributed by atoms with E-state index in [-0.39, 0.29) is 5.91 Å². The van der Waals surface area contributed by atoms with Crippen LogP contribution in [0.5, 0.6) is 0 Å². The van der Waals surface area contributed by atoms with Gasteiger partial charge in [-0.15, -0.1) is 0 Å². The second-order valence-electron chi connectivity index (χ2n) is 7.27. The van der Waals surface area contributed by atoms with Crippen molar-refractivity contribution in [2.45, 2.75) is 77.7 Å². The van der Waals surface area contributed by atoms with Crippen molar-refractivity contribution in [3.63, 3.8) is 0 Å². The van der Waals surface area contributed by atoms with E-state index in [4.69, 9.17) is 18.0 Å². The lowest BCUT2D eigenvalue weighted by molar-refractivity contribution is -0.140. The number of carbonyl (C=O) groups is 1. The van der Waals surface area contributed by atoms with Crippen LogP contribution in [-0.2, 0) is 4.79 Å². The number of hydrogen-bond donors (Lipinski definition) is 1. The SMILES string of the molecule is CC(C)CCN(C(=O)C1(C(N)=S)CCCC1)C1CCCC1. The van der Waals surface area contributed by atoms with Gasteiger partial charge in [-0.3, -0.25) is 4.79 Å². The molecule has 0 atom stereocenters. The summed E-state index contributed by atoms with van der Waals surface area (Å²) in [6.45, 7) is 5.30. The van der Waals surface area contributed by atoms with Crippen molar-refractivity contribution < 1.29 is 4.79 Å². The van der Waals surface area contributed by atoms with Crippen molar-refractivity contribution in [2.75, 3.05) is 6.54 Å². The van der Waals surface area contributed by atoms with E-state index < -0.39 is 5.41 Å². The summed E-state index contributed by atoms with van der Waals surface area (Å²) >= 11 is 5.30. The van der Waals surface area contributed by atoms with Gasteiger partial charge in [0.1, 0.15) is 0 Å². The van der Waals surface area contributed by atoms with Gasteiger partial charge >= 0.3 is 0 Å². The van der Waals surface area contributed by atoms with Gasteiger partial charge in [-0.05, 0) is 38.0 Å². The van der Waals surface area contributed by atoms with E-state index in [1.165, 1.54) is 12.8 Å². The maximum Gasteiger partial charge on any atom is 0.235 e. The van der Waals surface area contributed by atoms with Gasteiger partial charge < -0.3 is 10.6 Å². The van der Waals surface area contributed by atoms with Gasteiger partial charge in [-0.2, -0.15) is 0 Å². The number of nitrogens with zero attached hydrogens (tertiary/aromatic N) is 1. The normalized spacial score (nSPS) is 21.9. The number of rotatable bonds is 6. The van der Waals surface area contributed by atoms with Crippen molar-refractivity contribution >= 4 is 23.1 Å². The average molecular weight is 311 g/mol. The van der Waals surface area contributed by atoms with Crippen LogP contribution in [0, 0.1) is 11.3 Å². The highest BCUT2D eigenvalue weighted by Gasteiger charge is 2.47. The lowest BCUT2D eigenvalue weighted by Gasteiger charge is -2.37. The molecule has 2 rings (SSSR count). The first-order valence-corrected chi connectivity index (χ1v) is 8.99. The van der Waals surface area contributed by atoms with Crippen molar-refractivity contribution in [3.8, 4) is 0 Å². The monoisotopic (exact) mass is 310 g/mol. The van der Waals surface area contributed by atoms with Crippen LogP contribution in [0.15, 0.2) is 0 Å². The summed E-state index contributed by atoms with van der Waals surface area (Å²) in [6, 6.07) is 0.420. The highest BCUT2D eigenvalue weighted by atomic mass is 32.1. The minimum absolute atomic E-state index is 0.236. The Morgan fingerprint density at radius 3 is 2.29 bits per heavy atom. The summed E-state index contributed by atoms with van der Waals surface area (Å²) in [6.07, 6.45) is 9.71. The molecule has 0 unspecified atom stereocenters. The molecule has 0 bridgehead atoms. The first kappa shape index (κ1) is 16.7. The van der Waals surface area contributed by atoms with E-state index in [9.17, 15) is 4.79 Å². The quantitative estimate of drug-likeness (QED) is 0.762.